The maximum absolute atomic E-state index is 11.9. The van der Waals surface area contributed by atoms with E-state index >= 15 is 0 Å². The van der Waals surface area contributed by atoms with Crippen LogP contribution >= 0.6 is 0 Å². The molecule has 3 nitrogen and oxygen atoms in total. The van der Waals surface area contributed by atoms with Crippen molar-refractivity contribution in [3.63, 3.8) is 0 Å². The monoisotopic (exact) mass is 239 g/mol. The van der Waals surface area contributed by atoms with Gasteiger partial charge in [0, 0.05) is 6.04 Å². The summed E-state index contributed by atoms with van der Waals surface area (Å²) in [6, 6.07) is 8.19. The number of hydrogen-bond acceptors (Lipinski definition) is 2. The Kier molecular flexibility index (Phi) is 4.26. The van der Waals surface area contributed by atoms with E-state index in [4.69, 9.17) is 0 Å². The summed E-state index contributed by atoms with van der Waals surface area (Å²) in [6.07, 6.45) is 1.90. The van der Waals surface area contributed by atoms with Gasteiger partial charge >= 0.3 is 0 Å². The quantitative estimate of drug-likeness (QED) is 0.820. The molecule has 1 aromatic rings. The lowest BCUT2D eigenvalue weighted by molar-refractivity contribution is 0.573. The lowest BCUT2D eigenvalue weighted by Crippen LogP contribution is -2.33. The largest absolute Gasteiger partial charge is 0.241 e. The van der Waals surface area contributed by atoms with E-state index in [-0.39, 0.29) is 6.04 Å². The van der Waals surface area contributed by atoms with E-state index in [0.29, 0.717) is 4.90 Å². The van der Waals surface area contributed by atoms with E-state index in [1.165, 1.54) is 0 Å². The van der Waals surface area contributed by atoms with Crippen LogP contribution in [0.3, 0.4) is 0 Å². The highest BCUT2D eigenvalue weighted by Crippen LogP contribution is 2.10. The molecule has 0 saturated heterocycles. The van der Waals surface area contributed by atoms with Crippen molar-refractivity contribution in [1.82, 2.24) is 4.72 Å². The molecule has 0 radical (unpaired) electrons. The van der Waals surface area contributed by atoms with Crippen molar-refractivity contribution < 1.29 is 8.42 Å². The Bertz CT molecular complexity index is 463. The molecule has 4 heteroatoms. The van der Waals surface area contributed by atoms with Gasteiger partial charge < -0.3 is 0 Å². The first kappa shape index (κ1) is 12.9. The van der Waals surface area contributed by atoms with Gasteiger partial charge in [-0.25, -0.2) is 13.1 Å². The Labute approximate surface area is 97.2 Å². The second-order valence-electron chi connectivity index (χ2n) is 3.69. The van der Waals surface area contributed by atoms with Crippen LogP contribution in [0, 0.1) is 0 Å². The Hall–Kier alpha value is -1.13. The third-order valence-electron chi connectivity index (χ3n) is 2.52. The molecule has 1 unspecified atom stereocenters. The summed E-state index contributed by atoms with van der Waals surface area (Å²) in [6.45, 7) is 5.62. The van der Waals surface area contributed by atoms with Gasteiger partial charge in [-0.05, 0) is 32.9 Å². The first-order chi connectivity index (χ1) is 7.47. The van der Waals surface area contributed by atoms with Crippen LogP contribution < -0.4 is 4.72 Å². The average Bonchev–Trinajstić information content (AvgIpc) is 2.28. The molecule has 0 spiro atoms. The van der Waals surface area contributed by atoms with Gasteiger partial charge in [-0.15, -0.1) is 0 Å². The van der Waals surface area contributed by atoms with Crippen LogP contribution in [-0.4, -0.2) is 14.5 Å². The number of sulfonamides is 1. The Morgan fingerprint density at radius 1 is 1.31 bits per heavy atom. The fourth-order valence-electron chi connectivity index (χ4n) is 1.24. The van der Waals surface area contributed by atoms with E-state index in [0.717, 1.165) is 5.57 Å². The van der Waals surface area contributed by atoms with E-state index in [1.807, 2.05) is 26.8 Å². The predicted molar refractivity (Wildman–Crippen MR) is 65.7 cm³/mol. The zero-order valence-electron chi connectivity index (χ0n) is 9.77. The second-order valence-corrected chi connectivity index (χ2v) is 5.40. The van der Waals surface area contributed by atoms with E-state index in [1.54, 1.807) is 30.3 Å². The fourth-order valence-corrected chi connectivity index (χ4v) is 2.55. The molecule has 0 heterocycles. The van der Waals surface area contributed by atoms with Gasteiger partial charge in [-0.3, -0.25) is 0 Å². The molecule has 0 amide bonds. The van der Waals surface area contributed by atoms with Crippen LogP contribution in [0.25, 0.3) is 0 Å². The topological polar surface area (TPSA) is 46.2 Å². The van der Waals surface area contributed by atoms with Gasteiger partial charge in [0.15, 0.2) is 0 Å². The molecular weight excluding hydrogens is 222 g/mol. The number of allylic oxidation sites excluding steroid dienone is 1. The molecule has 16 heavy (non-hydrogen) atoms. The minimum Gasteiger partial charge on any atom is -0.207 e. The average molecular weight is 239 g/mol. The molecule has 0 aliphatic heterocycles. The van der Waals surface area contributed by atoms with Crippen LogP contribution in [0.1, 0.15) is 20.8 Å². The van der Waals surface area contributed by atoms with Crippen LogP contribution in [0.4, 0.5) is 0 Å². The Morgan fingerprint density at radius 3 is 2.38 bits per heavy atom. The zero-order chi connectivity index (χ0) is 12.2. The molecule has 0 aromatic heterocycles. The normalized spacial score (nSPS) is 14.8. The highest BCUT2D eigenvalue weighted by Gasteiger charge is 2.16. The van der Waals surface area contributed by atoms with Gasteiger partial charge in [0.2, 0.25) is 10.0 Å². The molecule has 1 aromatic carbocycles. The molecule has 0 aliphatic carbocycles. The van der Waals surface area contributed by atoms with Crippen molar-refractivity contribution in [2.45, 2.75) is 31.7 Å². The first-order valence-electron chi connectivity index (χ1n) is 5.17. The number of benzene rings is 1. The van der Waals surface area contributed by atoms with Gasteiger partial charge in [-0.2, -0.15) is 0 Å². The minimum atomic E-state index is -3.41. The first-order valence-corrected chi connectivity index (χ1v) is 6.66. The molecule has 0 fully saturated rings. The summed E-state index contributed by atoms with van der Waals surface area (Å²) in [7, 11) is -3.41. The summed E-state index contributed by atoms with van der Waals surface area (Å²) < 4.78 is 26.5. The Morgan fingerprint density at radius 2 is 1.88 bits per heavy atom. The summed E-state index contributed by atoms with van der Waals surface area (Å²) in [5, 5.41) is 0. The predicted octanol–water partition coefficient (Wildman–Crippen LogP) is 2.32. The van der Waals surface area contributed by atoms with Crippen LogP contribution in [0.5, 0.6) is 0 Å². The highest BCUT2D eigenvalue weighted by molar-refractivity contribution is 7.89. The molecular formula is C12H17NO2S. The van der Waals surface area contributed by atoms with Gasteiger partial charge in [0.05, 0.1) is 4.90 Å². The van der Waals surface area contributed by atoms with E-state index in [9.17, 15) is 8.42 Å². The Balaban J connectivity index is 2.90. The lowest BCUT2D eigenvalue weighted by atomic mass is 10.2. The van der Waals surface area contributed by atoms with Crippen molar-refractivity contribution in [2.24, 2.45) is 0 Å². The van der Waals surface area contributed by atoms with Crippen LogP contribution in [0.2, 0.25) is 0 Å². The number of nitrogens with one attached hydrogen (secondary N) is 1. The molecule has 0 bridgehead atoms. The maximum Gasteiger partial charge on any atom is 0.241 e. The summed E-state index contributed by atoms with van der Waals surface area (Å²) in [5.74, 6) is 0. The highest BCUT2D eigenvalue weighted by atomic mass is 32.2. The number of rotatable bonds is 4. The van der Waals surface area contributed by atoms with Crippen molar-refractivity contribution in [3.8, 4) is 0 Å². The molecule has 0 saturated carbocycles. The molecule has 0 aliphatic rings. The van der Waals surface area contributed by atoms with Crippen molar-refractivity contribution in [3.05, 3.63) is 42.0 Å². The van der Waals surface area contributed by atoms with E-state index < -0.39 is 10.0 Å². The van der Waals surface area contributed by atoms with Crippen molar-refractivity contribution >= 4 is 10.0 Å². The van der Waals surface area contributed by atoms with Gasteiger partial charge in [-0.1, -0.05) is 29.8 Å². The van der Waals surface area contributed by atoms with Gasteiger partial charge in [0.1, 0.15) is 0 Å². The summed E-state index contributed by atoms with van der Waals surface area (Å²) in [4.78, 5) is 0.297. The smallest absolute Gasteiger partial charge is 0.207 e. The zero-order valence-corrected chi connectivity index (χ0v) is 10.6. The SMILES string of the molecule is C/C=C(\C)C(C)NS(=O)(=O)c1ccccc1. The number of hydrogen-bond donors (Lipinski definition) is 1. The maximum atomic E-state index is 11.9. The van der Waals surface area contributed by atoms with Crippen LogP contribution in [0.15, 0.2) is 46.9 Å². The standard InChI is InChI=1S/C12H17NO2S/c1-4-10(2)11(3)13-16(14,15)12-8-6-5-7-9-12/h4-9,11,13H,1-3H3/b10-4+. The molecule has 1 N–H and O–H groups in total. The lowest BCUT2D eigenvalue weighted by Gasteiger charge is -2.14. The fraction of sp³-hybridized carbons (Fsp3) is 0.333. The molecule has 88 valence electrons. The molecule has 1 atom stereocenters. The van der Waals surface area contributed by atoms with Crippen molar-refractivity contribution in [1.29, 1.82) is 0 Å². The summed E-state index contributed by atoms with van der Waals surface area (Å²) in [5.41, 5.74) is 1.000. The van der Waals surface area contributed by atoms with Gasteiger partial charge in [0.25, 0.3) is 0 Å². The van der Waals surface area contributed by atoms with Crippen molar-refractivity contribution in [2.75, 3.05) is 0 Å². The van der Waals surface area contributed by atoms with E-state index in [2.05, 4.69) is 4.72 Å². The third-order valence-corrected chi connectivity index (χ3v) is 4.08. The second kappa shape index (κ2) is 5.27. The van der Waals surface area contributed by atoms with Crippen LogP contribution in [-0.2, 0) is 10.0 Å². The minimum absolute atomic E-state index is 0.185. The third kappa shape index (κ3) is 3.18. The summed E-state index contributed by atoms with van der Waals surface area (Å²) >= 11 is 0. The molecule has 1 rings (SSSR count).